The van der Waals surface area contributed by atoms with Gasteiger partial charge in [0.15, 0.2) is 6.61 Å². The molecule has 3 heterocycles. The monoisotopic (exact) mass is 675 g/mol. The maximum Gasteiger partial charge on any atom is 0.416 e. The highest BCUT2D eigenvalue weighted by atomic mass is 35.5. The molecule has 1 fully saturated rings. The van der Waals surface area contributed by atoms with Crippen molar-refractivity contribution in [3.8, 4) is 11.5 Å². The number of imide groups is 1. The summed E-state index contributed by atoms with van der Waals surface area (Å²) in [6.45, 7) is -0.596. The molecule has 0 saturated carbocycles. The number of thioether (sulfide) groups is 1. The highest BCUT2D eigenvalue weighted by Gasteiger charge is 2.57. The Kier molecular flexibility index (Phi) is 8.14. The largest absolute Gasteiger partial charge is 0.497 e. The summed E-state index contributed by atoms with van der Waals surface area (Å²) in [5.41, 5.74) is -0.284. The van der Waals surface area contributed by atoms with Crippen LogP contribution in [-0.4, -0.2) is 41.7 Å². The number of rotatable bonds is 7. The van der Waals surface area contributed by atoms with E-state index in [1.54, 1.807) is 30.3 Å². The van der Waals surface area contributed by atoms with E-state index in [-0.39, 0.29) is 21.3 Å². The topological polar surface area (TPSA) is 118 Å². The van der Waals surface area contributed by atoms with Gasteiger partial charge in [0, 0.05) is 27.1 Å². The van der Waals surface area contributed by atoms with Crippen molar-refractivity contribution < 1.29 is 37.0 Å². The number of benzene rings is 3. The minimum atomic E-state index is -4.59. The third-order valence-electron chi connectivity index (χ3n) is 7.29. The first kappa shape index (κ1) is 30.7. The van der Waals surface area contributed by atoms with Crippen LogP contribution in [0.1, 0.15) is 21.9 Å². The number of amides is 3. The molecule has 0 spiro atoms. The molecule has 0 aliphatic carbocycles. The molecule has 45 heavy (non-hydrogen) atoms. The van der Waals surface area contributed by atoms with Gasteiger partial charge in [-0.25, -0.2) is 4.90 Å². The van der Waals surface area contributed by atoms with Gasteiger partial charge in [0.1, 0.15) is 16.7 Å². The second-order valence-corrected chi connectivity index (χ2v) is 12.7. The van der Waals surface area contributed by atoms with E-state index in [4.69, 9.17) is 21.1 Å². The zero-order valence-corrected chi connectivity index (χ0v) is 25.4. The summed E-state index contributed by atoms with van der Waals surface area (Å²) in [6, 6.07) is 15.2. The first-order valence-corrected chi connectivity index (χ1v) is 15.3. The molecule has 3 amide bonds. The molecule has 3 aromatic carbocycles. The zero-order chi connectivity index (χ0) is 32.0. The van der Waals surface area contributed by atoms with Crippen LogP contribution >= 0.6 is 34.7 Å². The molecular weight excluding hydrogens is 655 g/mol. The number of alkyl halides is 3. The van der Waals surface area contributed by atoms with Crippen molar-refractivity contribution >= 4 is 63.8 Å². The standard InChI is InChI=1S/C30H21ClF3N3O6S2/c1-42-18-8-6-17(7-9-18)37-27(39)23-22(24-26(36-29(41)45-24)44-25(23)28(37)40)19-12-15(31)5-10-20(19)43-13-21(38)35-16-4-2-3-14(11-16)30(32,33)34/h2-12,22-23,25H,13H2,1H3,(H,35,38)(H,36,41)/t22-,23?,25?/m1/s1. The second-order valence-electron chi connectivity index (χ2n) is 10.1. The number of fused-ring (bicyclic) bond motifs is 2. The van der Waals surface area contributed by atoms with E-state index in [9.17, 15) is 32.3 Å². The lowest BCUT2D eigenvalue weighted by molar-refractivity contribution is -0.137. The smallest absolute Gasteiger partial charge is 0.416 e. The highest BCUT2D eigenvalue weighted by molar-refractivity contribution is 8.00. The Morgan fingerprint density at radius 3 is 2.51 bits per heavy atom. The van der Waals surface area contributed by atoms with Crippen molar-refractivity contribution in [1.29, 1.82) is 0 Å². The van der Waals surface area contributed by atoms with Gasteiger partial charge in [-0.1, -0.05) is 40.8 Å². The highest BCUT2D eigenvalue weighted by Crippen LogP contribution is 2.54. The fourth-order valence-corrected chi connectivity index (χ4v) is 8.03. The number of anilines is 2. The number of aromatic nitrogens is 1. The van der Waals surface area contributed by atoms with Gasteiger partial charge in [0.05, 0.1) is 29.3 Å². The maximum atomic E-state index is 14.0. The predicted molar refractivity (Wildman–Crippen MR) is 162 cm³/mol. The van der Waals surface area contributed by atoms with Gasteiger partial charge in [-0.05, 0) is 60.7 Å². The molecule has 9 nitrogen and oxygen atoms in total. The third kappa shape index (κ3) is 5.92. The van der Waals surface area contributed by atoms with Gasteiger partial charge in [-0.2, -0.15) is 13.2 Å². The number of methoxy groups -OCH3 is 1. The summed E-state index contributed by atoms with van der Waals surface area (Å²) in [6.07, 6.45) is -4.59. The number of nitrogens with zero attached hydrogens (tertiary/aromatic N) is 1. The number of nitrogens with one attached hydrogen (secondary N) is 2. The van der Waals surface area contributed by atoms with Crippen LogP contribution in [0.4, 0.5) is 24.5 Å². The van der Waals surface area contributed by atoms with Crippen LogP contribution in [0.15, 0.2) is 76.6 Å². The normalized spacial score (nSPS) is 19.2. The summed E-state index contributed by atoms with van der Waals surface area (Å²) in [5.74, 6) is -2.82. The van der Waals surface area contributed by atoms with E-state index in [0.717, 1.165) is 40.1 Å². The molecule has 0 bridgehead atoms. The number of ether oxygens (including phenoxy) is 2. The zero-order valence-electron chi connectivity index (χ0n) is 23.0. The number of hydrogen-bond acceptors (Lipinski definition) is 8. The van der Waals surface area contributed by atoms with Crippen LogP contribution < -0.4 is 24.6 Å². The lowest BCUT2D eigenvalue weighted by Gasteiger charge is -2.31. The first-order valence-electron chi connectivity index (χ1n) is 13.3. The Bertz CT molecular complexity index is 1880. The number of halogens is 4. The Morgan fingerprint density at radius 2 is 1.80 bits per heavy atom. The Morgan fingerprint density at radius 1 is 1.04 bits per heavy atom. The van der Waals surface area contributed by atoms with Crippen molar-refractivity contribution in [3.63, 3.8) is 0 Å². The van der Waals surface area contributed by atoms with E-state index >= 15 is 0 Å². The first-order chi connectivity index (χ1) is 21.4. The summed E-state index contributed by atoms with van der Waals surface area (Å²) >= 11 is 8.37. The molecule has 2 aliphatic rings. The van der Waals surface area contributed by atoms with Crippen LogP contribution in [0.25, 0.3) is 0 Å². The molecule has 2 N–H and O–H groups in total. The van der Waals surface area contributed by atoms with Crippen molar-refractivity contribution in [2.45, 2.75) is 22.4 Å². The number of thiazole rings is 1. The molecule has 232 valence electrons. The molecule has 0 radical (unpaired) electrons. The summed E-state index contributed by atoms with van der Waals surface area (Å²) in [5, 5.41) is 2.20. The SMILES string of the molecule is COc1ccc(N2C(=O)C3Sc4[nH]c(=O)sc4[C@H](c4cc(Cl)ccc4OCC(=O)Nc4cccc(C(F)(F)F)c4)C3C2=O)cc1. The fourth-order valence-electron chi connectivity index (χ4n) is 5.35. The minimum Gasteiger partial charge on any atom is -0.497 e. The number of hydrogen-bond donors (Lipinski definition) is 2. The Balaban J connectivity index is 1.32. The van der Waals surface area contributed by atoms with E-state index in [0.29, 0.717) is 26.9 Å². The van der Waals surface area contributed by atoms with E-state index < -0.39 is 53.2 Å². The van der Waals surface area contributed by atoms with Crippen molar-refractivity contribution in [2.75, 3.05) is 23.9 Å². The minimum absolute atomic E-state index is 0.0719. The lowest BCUT2D eigenvalue weighted by Crippen LogP contribution is -2.32. The average molecular weight is 676 g/mol. The quantitative estimate of drug-likeness (QED) is 0.233. The maximum absolute atomic E-state index is 14.0. The summed E-state index contributed by atoms with van der Waals surface area (Å²) in [4.78, 5) is 56.9. The second kappa shape index (κ2) is 11.9. The molecule has 1 aromatic heterocycles. The predicted octanol–water partition coefficient (Wildman–Crippen LogP) is 5.93. The van der Waals surface area contributed by atoms with E-state index in [1.165, 1.54) is 31.4 Å². The number of aromatic amines is 1. The molecule has 1 saturated heterocycles. The lowest BCUT2D eigenvalue weighted by atomic mass is 9.82. The van der Waals surface area contributed by atoms with E-state index in [2.05, 4.69) is 10.3 Å². The molecular formula is C30H21ClF3N3O6S2. The average Bonchev–Trinajstić information content (AvgIpc) is 3.50. The van der Waals surface area contributed by atoms with Gasteiger partial charge in [0.2, 0.25) is 11.8 Å². The molecule has 2 unspecified atom stereocenters. The van der Waals surface area contributed by atoms with Crippen LogP contribution in [0.3, 0.4) is 0 Å². The number of H-pyrrole nitrogens is 1. The van der Waals surface area contributed by atoms with Crippen LogP contribution in [0.2, 0.25) is 5.02 Å². The fraction of sp³-hybridized carbons (Fsp3) is 0.200. The van der Waals surface area contributed by atoms with Gasteiger partial charge < -0.3 is 19.8 Å². The van der Waals surface area contributed by atoms with Crippen LogP contribution in [0, 0.1) is 5.92 Å². The third-order valence-corrected chi connectivity index (χ3v) is 9.93. The molecule has 2 aliphatic heterocycles. The van der Waals surface area contributed by atoms with E-state index in [1.807, 2.05) is 0 Å². The Labute approximate surface area is 266 Å². The summed E-state index contributed by atoms with van der Waals surface area (Å²) < 4.78 is 50.4. The number of carbonyl (C=O) groups is 3. The molecule has 3 atom stereocenters. The molecule has 6 rings (SSSR count). The van der Waals surface area contributed by atoms with Crippen LogP contribution in [-0.2, 0) is 20.6 Å². The van der Waals surface area contributed by atoms with Crippen molar-refractivity contribution in [1.82, 2.24) is 4.98 Å². The summed E-state index contributed by atoms with van der Waals surface area (Å²) in [7, 11) is 1.50. The molecule has 15 heteroatoms. The van der Waals surface area contributed by atoms with Crippen molar-refractivity contribution in [3.05, 3.63) is 97.4 Å². The Hall–Kier alpha value is -4.27. The number of carbonyl (C=O) groups excluding carboxylic acids is 3. The van der Waals surface area contributed by atoms with Crippen molar-refractivity contribution in [2.24, 2.45) is 5.92 Å². The van der Waals surface area contributed by atoms with Gasteiger partial charge in [-0.15, -0.1) is 0 Å². The van der Waals surface area contributed by atoms with Gasteiger partial charge in [0.25, 0.3) is 5.91 Å². The van der Waals surface area contributed by atoms with Gasteiger partial charge in [-0.3, -0.25) is 19.2 Å². The molecule has 4 aromatic rings. The van der Waals surface area contributed by atoms with Gasteiger partial charge >= 0.3 is 11.0 Å². The van der Waals surface area contributed by atoms with Crippen LogP contribution in [0.5, 0.6) is 11.5 Å².